The van der Waals surface area contributed by atoms with Crippen molar-refractivity contribution < 1.29 is 0 Å². The van der Waals surface area contributed by atoms with Crippen LogP contribution in [0, 0.1) is 0 Å². The first kappa shape index (κ1) is 21.5. The van der Waals surface area contributed by atoms with Crippen LogP contribution >= 0.6 is 0 Å². The fourth-order valence-electron chi connectivity index (χ4n) is 1.83. The molecule has 0 aromatic carbocycles. The molecule has 0 aromatic rings. The molecule has 1 aliphatic rings. The second kappa shape index (κ2) is 16.2. The topological polar surface area (TPSA) is 12.0 Å². The first-order chi connectivity index (χ1) is 9.69. The predicted molar refractivity (Wildman–Crippen MR) is 95.3 cm³/mol. The zero-order valence-electron chi connectivity index (χ0n) is 15.0. The molecule has 0 aliphatic heterocycles. The lowest BCUT2D eigenvalue weighted by atomic mass is 10.0. The second-order valence-corrected chi connectivity index (χ2v) is 4.81. The molecule has 1 rings (SSSR count). The maximum absolute atomic E-state index is 3.46. The van der Waals surface area contributed by atoms with Crippen molar-refractivity contribution in [3.05, 3.63) is 34.9 Å². The molecule has 118 valence electrons. The molecule has 0 unspecified atom stereocenters. The Labute approximate surface area is 128 Å². The summed E-state index contributed by atoms with van der Waals surface area (Å²) >= 11 is 0. The summed E-state index contributed by atoms with van der Waals surface area (Å²) in [5.41, 5.74) is 4.37. The van der Waals surface area contributed by atoms with Crippen molar-refractivity contribution in [2.75, 3.05) is 13.1 Å². The Hall–Kier alpha value is -0.820. The first-order valence-corrected chi connectivity index (χ1v) is 8.46. The Bertz CT molecular complexity index is 295. The molecule has 0 atom stereocenters. The summed E-state index contributed by atoms with van der Waals surface area (Å²) in [5, 5.41) is 3.46. The number of allylic oxidation sites excluding steroid dienone is 4. The van der Waals surface area contributed by atoms with Gasteiger partial charge >= 0.3 is 0 Å². The van der Waals surface area contributed by atoms with Crippen LogP contribution in [-0.4, -0.2) is 13.1 Å². The van der Waals surface area contributed by atoms with Crippen LogP contribution in [-0.2, 0) is 0 Å². The molecule has 1 heteroatoms. The molecule has 0 heterocycles. The third-order valence-electron chi connectivity index (χ3n) is 2.81. The van der Waals surface area contributed by atoms with Gasteiger partial charge in [-0.05, 0) is 43.9 Å². The second-order valence-electron chi connectivity index (χ2n) is 4.81. The van der Waals surface area contributed by atoms with E-state index in [0.717, 1.165) is 25.9 Å². The molecule has 0 radical (unpaired) electrons. The summed E-state index contributed by atoms with van der Waals surface area (Å²) in [4.78, 5) is 0. The van der Waals surface area contributed by atoms with Gasteiger partial charge in [-0.15, -0.1) is 0 Å². The number of rotatable bonds is 5. The molecule has 0 saturated carbocycles. The molecule has 1 aliphatic carbocycles. The molecule has 0 aromatic heterocycles. The average molecular weight is 280 g/mol. The SMILES string of the molecule is CC.CCC.CCCNCC1=CCC=C(C)C(CC)=C1. The Morgan fingerprint density at radius 2 is 1.65 bits per heavy atom. The summed E-state index contributed by atoms with van der Waals surface area (Å²) in [6, 6.07) is 0. The van der Waals surface area contributed by atoms with E-state index >= 15 is 0 Å². The van der Waals surface area contributed by atoms with Gasteiger partial charge < -0.3 is 5.32 Å². The van der Waals surface area contributed by atoms with Crippen LogP contribution in [0.4, 0.5) is 0 Å². The van der Waals surface area contributed by atoms with Crippen LogP contribution in [0.5, 0.6) is 0 Å². The largest absolute Gasteiger partial charge is 0.313 e. The molecular formula is C19H37N. The highest BCUT2D eigenvalue weighted by Crippen LogP contribution is 2.20. The van der Waals surface area contributed by atoms with E-state index in [4.69, 9.17) is 0 Å². The summed E-state index contributed by atoms with van der Waals surface area (Å²) in [6.45, 7) is 17.0. The van der Waals surface area contributed by atoms with Crippen molar-refractivity contribution in [1.82, 2.24) is 5.32 Å². The molecule has 0 spiro atoms. The minimum atomic E-state index is 1.01. The van der Waals surface area contributed by atoms with Gasteiger partial charge in [0.15, 0.2) is 0 Å². The Kier molecular flexibility index (Phi) is 17.4. The van der Waals surface area contributed by atoms with Crippen molar-refractivity contribution >= 4 is 0 Å². The van der Waals surface area contributed by atoms with Gasteiger partial charge in [0.1, 0.15) is 0 Å². The van der Waals surface area contributed by atoms with Gasteiger partial charge in [0.2, 0.25) is 0 Å². The number of nitrogens with one attached hydrogen (secondary N) is 1. The molecule has 1 nitrogen and oxygen atoms in total. The quantitative estimate of drug-likeness (QED) is 0.605. The van der Waals surface area contributed by atoms with Gasteiger partial charge in [0.25, 0.3) is 0 Å². The van der Waals surface area contributed by atoms with E-state index in [0.29, 0.717) is 0 Å². The summed E-state index contributed by atoms with van der Waals surface area (Å²) in [5.74, 6) is 0. The fourth-order valence-corrected chi connectivity index (χ4v) is 1.83. The van der Waals surface area contributed by atoms with E-state index in [1.165, 1.54) is 29.6 Å². The van der Waals surface area contributed by atoms with Gasteiger partial charge in [-0.1, -0.05) is 71.8 Å². The van der Waals surface area contributed by atoms with Crippen LogP contribution in [0.25, 0.3) is 0 Å². The predicted octanol–water partition coefficient (Wildman–Crippen LogP) is 6.04. The minimum Gasteiger partial charge on any atom is -0.313 e. The molecule has 0 fully saturated rings. The molecule has 0 bridgehead atoms. The molecule has 0 saturated heterocycles. The van der Waals surface area contributed by atoms with Crippen molar-refractivity contribution in [2.24, 2.45) is 0 Å². The third kappa shape index (κ3) is 11.0. The average Bonchev–Trinajstić information content (AvgIpc) is 2.64. The molecule has 20 heavy (non-hydrogen) atoms. The maximum atomic E-state index is 3.46. The lowest BCUT2D eigenvalue weighted by Crippen LogP contribution is -2.17. The van der Waals surface area contributed by atoms with Gasteiger partial charge in [0, 0.05) is 6.54 Å². The van der Waals surface area contributed by atoms with Crippen LogP contribution in [0.3, 0.4) is 0 Å². The van der Waals surface area contributed by atoms with Crippen LogP contribution in [0.15, 0.2) is 34.9 Å². The highest BCUT2D eigenvalue weighted by atomic mass is 14.8. The number of hydrogen-bond donors (Lipinski definition) is 1. The van der Waals surface area contributed by atoms with Crippen LogP contribution in [0.1, 0.15) is 74.1 Å². The van der Waals surface area contributed by atoms with E-state index in [2.05, 4.69) is 58.2 Å². The summed E-state index contributed by atoms with van der Waals surface area (Å²) in [6.07, 6.45) is 11.7. The monoisotopic (exact) mass is 279 g/mol. The smallest absolute Gasteiger partial charge is 0.0202 e. The standard InChI is InChI=1S/C14H23N.C3H8.C2H6/c1-4-9-15-11-13-8-6-7-12(3)14(5-2)10-13;1-3-2;1-2/h7-8,10,15H,4-6,9,11H2,1-3H3;3H2,1-2H3;1-2H3. The maximum Gasteiger partial charge on any atom is 0.0202 e. The van der Waals surface area contributed by atoms with Gasteiger partial charge in [-0.3, -0.25) is 0 Å². The van der Waals surface area contributed by atoms with Crippen molar-refractivity contribution in [1.29, 1.82) is 0 Å². The zero-order chi connectivity index (χ0) is 15.8. The Balaban J connectivity index is 0. The lowest BCUT2D eigenvalue weighted by Gasteiger charge is -2.06. The molecule has 0 amide bonds. The molecule has 1 N–H and O–H groups in total. The van der Waals surface area contributed by atoms with Gasteiger partial charge in [-0.25, -0.2) is 0 Å². The lowest BCUT2D eigenvalue weighted by molar-refractivity contribution is 0.718. The van der Waals surface area contributed by atoms with E-state index in [-0.39, 0.29) is 0 Å². The summed E-state index contributed by atoms with van der Waals surface area (Å²) in [7, 11) is 0. The molecular weight excluding hydrogens is 242 g/mol. The third-order valence-corrected chi connectivity index (χ3v) is 2.81. The van der Waals surface area contributed by atoms with E-state index in [1.54, 1.807) is 0 Å². The van der Waals surface area contributed by atoms with Crippen LogP contribution < -0.4 is 5.32 Å². The van der Waals surface area contributed by atoms with E-state index < -0.39 is 0 Å². The van der Waals surface area contributed by atoms with Crippen molar-refractivity contribution in [3.63, 3.8) is 0 Å². The van der Waals surface area contributed by atoms with Crippen LogP contribution in [0.2, 0.25) is 0 Å². The van der Waals surface area contributed by atoms with Gasteiger partial charge in [0.05, 0.1) is 0 Å². The van der Waals surface area contributed by atoms with E-state index in [1.807, 2.05) is 13.8 Å². The van der Waals surface area contributed by atoms with Crippen molar-refractivity contribution in [2.45, 2.75) is 74.1 Å². The highest BCUT2D eigenvalue weighted by molar-refractivity contribution is 5.39. The zero-order valence-corrected chi connectivity index (χ0v) is 15.0. The Morgan fingerprint density at radius 3 is 2.15 bits per heavy atom. The fraction of sp³-hybridized carbons (Fsp3) is 0.684. The van der Waals surface area contributed by atoms with Crippen molar-refractivity contribution in [3.8, 4) is 0 Å². The summed E-state index contributed by atoms with van der Waals surface area (Å²) < 4.78 is 0. The van der Waals surface area contributed by atoms with E-state index in [9.17, 15) is 0 Å². The first-order valence-electron chi connectivity index (χ1n) is 8.46. The number of hydrogen-bond acceptors (Lipinski definition) is 1. The minimum absolute atomic E-state index is 1.01. The Morgan fingerprint density at radius 1 is 1.05 bits per heavy atom. The highest BCUT2D eigenvalue weighted by Gasteiger charge is 2.03. The van der Waals surface area contributed by atoms with Gasteiger partial charge in [-0.2, -0.15) is 0 Å². The normalized spacial score (nSPS) is 13.7.